The van der Waals surface area contributed by atoms with E-state index >= 15 is 0 Å². The fourth-order valence-electron chi connectivity index (χ4n) is 3.21. The highest BCUT2D eigenvalue weighted by atomic mass is 19.1. The summed E-state index contributed by atoms with van der Waals surface area (Å²) in [5, 5.41) is 18.0. The van der Waals surface area contributed by atoms with Crippen LogP contribution in [-0.2, 0) is 5.60 Å². The van der Waals surface area contributed by atoms with Crippen molar-refractivity contribution >= 4 is 28.6 Å². The lowest BCUT2D eigenvalue weighted by atomic mass is 9.94. The number of aryl methyl sites for hydroxylation is 1. The van der Waals surface area contributed by atoms with Gasteiger partial charge in [-0.3, -0.25) is 4.79 Å². The number of fused-ring (bicyclic) bond motifs is 1. The van der Waals surface area contributed by atoms with E-state index in [-0.39, 0.29) is 22.5 Å². The molecule has 0 radical (unpaired) electrons. The maximum Gasteiger partial charge on any atom is 0.272 e. The fraction of sp³-hybridized carbons (Fsp3) is 0.211. The molecule has 27 heavy (non-hydrogen) atoms. The fourth-order valence-corrected chi connectivity index (χ4v) is 3.21. The van der Waals surface area contributed by atoms with Gasteiger partial charge in [-0.05, 0) is 44.0 Å². The van der Waals surface area contributed by atoms with Crippen molar-refractivity contribution in [2.24, 2.45) is 0 Å². The topological polar surface area (TPSA) is 142 Å². The molecule has 0 bridgehead atoms. The van der Waals surface area contributed by atoms with Gasteiger partial charge in [0.05, 0.1) is 22.4 Å². The van der Waals surface area contributed by atoms with Gasteiger partial charge in [0, 0.05) is 17.3 Å². The van der Waals surface area contributed by atoms with Crippen LogP contribution in [0.4, 0.5) is 15.8 Å². The summed E-state index contributed by atoms with van der Waals surface area (Å²) in [5.41, 5.74) is 12.2. The second kappa shape index (κ2) is 6.17. The molecule has 3 aromatic rings. The van der Waals surface area contributed by atoms with Gasteiger partial charge in [-0.15, -0.1) is 0 Å². The number of pyridine rings is 2. The Balaban J connectivity index is 2.53. The number of nitrogens with zero attached hydrogens (tertiary/aromatic N) is 1. The number of nitrogen functional groups attached to an aromatic ring is 2. The van der Waals surface area contributed by atoms with Crippen molar-refractivity contribution in [2.45, 2.75) is 26.4 Å². The van der Waals surface area contributed by atoms with E-state index in [1.165, 1.54) is 6.07 Å². The van der Waals surface area contributed by atoms with Crippen LogP contribution in [0.15, 0.2) is 23.0 Å². The number of H-pyrrole nitrogens is 1. The lowest BCUT2D eigenvalue weighted by molar-refractivity contribution is 0.0735. The van der Waals surface area contributed by atoms with Crippen LogP contribution in [0, 0.1) is 18.2 Å². The molecule has 0 aliphatic rings. The highest BCUT2D eigenvalue weighted by Gasteiger charge is 2.24. The van der Waals surface area contributed by atoms with E-state index in [0.29, 0.717) is 27.9 Å². The Hall–Kier alpha value is -3.26. The Morgan fingerprint density at radius 2 is 1.96 bits per heavy atom. The molecular weight excluding hydrogens is 349 g/mol. The molecular formula is C19H20FN5O2. The smallest absolute Gasteiger partial charge is 0.272 e. The third-order valence-corrected chi connectivity index (χ3v) is 4.44. The van der Waals surface area contributed by atoms with Crippen LogP contribution in [0.2, 0.25) is 0 Å². The van der Waals surface area contributed by atoms with Gasteiger partial charge in [-0.2, -0.15) is 0 Å². The normalized spacial score (nSPS) is 11.7. The third kappa shape index (κ3) is 2.93. The van der Waals surface area contributed by atoms with Gasteiger partial charge in [0.2, 0.25) is 0 Å². The SMILES string of the molecule is Cc1cc2[nH]c(=O)c(N)c(-c3ccc(F)c(N)c3C=N)c2nc1C(C)(C)O. The number of aliphatic hydroxyl groups is 1. The quantitative estimate of drug-likeness (QED) is 0.356. The number of hydrogen-bond acceptors (Lipinski definition) is 6. The molecule has 2 aromatic heterocycles. The van der Waals surface area contributed by atoms with E-state index in [9.17, 15) is 14.3 Å². The van der Waals surface area contributed by atoms with E-state index in [0.717, 1.165) is 12.3 Å². The van der Waals surface area contributed by atoms with Crippen molar-refractivity contribution < 1.29 is 9.50 Å². The first-order valence-electron chi connectivity index (χ1n) is 8.21. The molecule has 0 amide bonds. The first kappa shape index (κ1) is 18.5. The molecule has 0 atom stereocenters. The molecule has 2 heterocycles. The van der Waals surface area contributed by atoms with Crippen LogP contribution in [0.5, 0.6) is 0 Å². The minimum Gasteiger partial charge on any atom is -0.396 e. The summed E-state index contributed by atoms with van der Waals surface area (Å²) in [6, 6.07) is 4.24. The van der Waals surface area contributed by atoms with Crippen molar-refractivity contribution in [3.05, 3.63) is 51.2 Å². The number of aromatic amines is 1. The highest BCUT2D eigenvalue weighted by Crippen LogP contribution is 2.36. The van der Waals surface area contributed by atoms with E-state index < -0.39 is 17.0 Å². The number of benzene rings is 1. The summed E-state index contributed by atoms with van der Waals surface area (Å²) in [4.78, 5) is 19.6. The molecule has 0 saturated heterocycles. The second-order valence-corrected chi connectivity index (χ2v) is 6.92. The van der Waals surface area contributed by atoms with Crippen LogP contribution in [-0.4, -0.2) is 21.3 Å². The Morgan fingerprint density at radius 3 is 2.56 bits per heavy atom. The van der Waals surface area contributed by atoms with Crippen LogP contribution in [0.1, 0.15) is 30.7 Å². The summed E-state index contributed by atoms with van der Waals surface area (Å²) in [6.45, 7) is 4.97. The van der Waals surface area contributed by atoms with Gasteiger partial charge in [0.25, 0.3) is 5.56 Å². The highest BCUT2D eigenvalue weighted by molar-refractivity contribution is 6.05. The Kier molecular flexibility index (Phi) is 4.23. The second-order valence-electron chi connectivity index (χ2n) is 6.92. The molecule has 0 spiro atoms. The van der Waals surface area contributed by atoms with Crippen LogP contribution in [0.25, 0.3) is 22.2 Å². The number of anilines is 2. The molecule has 8 heteroatoms. The number of nitrogens with two attached hydrogens (primary N) is 2. The molecule has 140 valence electrons. The van der Waals surface area contributed by atoms with Crippen molar-refractivity contribution in [2.75, 3.05) is 11.5 Å². The molecule has 0 aliphatic heterocycles. The lowest BCUT2D eigenvalue weighted by Crippen LogP contribution is -2.21. The predicted molar refractivity (Wildman–Crippen MR) is 104 cm³/mol. The van der Waals surface area contributed by atoms with E-state index in [1.54, 1.807) is 26.8 Å². The number of nitrogens with one attached hydrogen (secondary N) is 2. The maximum absolute atomic E-state index is 13.9. The van der Waals surface area contributed by atoms with Crippen LogP contribution < -0.4 is 17.0 Å². The molecule has 3 rings (SSSR count). The van der Waals surface area contributed by atoms with Gasteiger partial charge in [-0.1, -0.05) is 6.07 Å². The zero-order valence-electron chi connectivity index (χ0n) is 15.1. The van der Waals surface area contributed by atoms with Crippen LogP contribution >= 0.6 is 0 Å². The molecule has 0 aliphatic carbocycles. The monoisotopic (exact) mass is 369 g/mol. The summed E-state index contributed by atoms with van der Waals surface area (Å²) in [7, 11) is 0. The predicted octanol–water partition coefficient (Wildman–Crippen LogP) is 2.43. The molecule has 1 aromatic carbocycles. The third-order valence-electron chi connectivity index (χ3n) is 4.44. The van der Waals surface area contributed by atoms with Crippen LogP contribution in [0.3, 0.4) is 0 Å². The summed E-state index contributed by atoms with van der Waals surface area (Å²) < 4.78 is 13.9. The largest absolute Gasteiger partial charge is 0.396 e. The number of hydrogen-bond donors (Lipinski definition) is 5. The molecule has 0 saturated carbocycles. The Morgan fingerprint density at radius 1 is 1.30 bits per heavy atom. The molecule has 7 N–H and O–H groups in total. The maximum atomic E-state index is 13.9. The van der Waals surface area contributed by atoms with Crippen molar-refractivity contribution in [3.63, 3.8) is 0 Å². The Bertz CT molecular complexity index is 1150. The molecule has 0 fully saturated rings. The zero-order valence-corrected chi connectivity index (χ0v) is 15.1. The number of rotatable bonds is 3. The standard InChI is InChI=1S/C19H20FN5O2/c1-8-6-12-16(25-17(8)19(2,3)27)13(15(23)18(26)24-12)9-4-5-11(20)14(22)10(9)7-21/h4-7,21,27H,22-23H2,1-3H3,(H,24,26). The number of aromatic nitrogens is 2. The van der Waals surface area contributed by atoms with Gasteiger partial charge in [-0.25, -0.2) is 9.37 Å². The first-order valence-corrected chi connectivity index (χ1v) is 8.21. The molecule has 7 nitrogen and oxygen atoms in total. The summed E-state index contributed by atoms with van der Waals surface area (Å²) >= 11 is 0. The van der Waals surface area contributed by atoms with Crippen molar-refractivity contribution in [3.8, 4) is 11.1 Å². The lowest BCUT2D eigenvalue weighted by Gasteiger charge is -2.21. The van der Waals surface area contributed by atoms with Gasteiger partial charge in [0.1, 0.15) is 17.1 Å². The minimum absolute atomic E-state index is 0.0979. The average molecular weight is 369 g/mol. The first-order chi connectivity index (χ1) is 12.6. The summed E-state index contributed by atoms with van der Waals surface area (Å²) in [5.74, 6) is -0.675. The molecule has 0 unspecified atom stereocenters. The van der Waals surface area contributed by atoms with Crippen molar-refractivity contribution in [1.82, 2.24) is 9.97 Å². The summed E-state index contributed by atoms with van der Waals surface area (Å²) in [6.07, 6.45) is 0.908. The van der Waals surface area contributed by atoms with E-state index in [2.05, 4.69) is 9.97 Å². The van der Waals surface area contributed by atoms with Gasteiger partial charge >= 0.3 is 0 Å². The minimum atomic E-state index is -1.23. The number of halogens is 1. The van der Waals surface area contributed by atoms with Gasteiger partial charge < -0.3 is 27.0 Å². The van der Waals surface area contributed by atoms with Gasteiger partial charge in [0.15, 0.2) is 0 Å². The van der Waals surface area contributed by atoms with Crippen molar-refractivity contribution in [1.29, 1.82) is 5.41 Å². The average Bonchev–Trinajstić information content (AvgIpc) is 2.57. The van der Waals surface area contributed by atoms with E-state index in [4.69, 9.17) is 16.9 Å². The van der Waals surface area contributed by atoms with E-state index in [1.807, 2.05) is 0 Å². The zero-order chi connectivity index (χ0) is 20.1. The Labute approximate surface area is 154 Å².